The molecule has 0 aromatic heterocycles. The molecule has 0 aromatic carbocycles. The summed E-state index contributed by atoms with van der Waals surface area (Å²) in [6.45, 7) is 6.73. The predicted octanol–water partition coefficient (Wildman–Crippen LogP) is 7.15. The Morgan fingerprint density at radius 3 is 1.76 bits per heavy atom. The molecule has 1 aliphatic carbocycles. The molecule has 0 spiro atoms. The Morgan fingerprint density at radius 1 is 0.793 bits per heavy atom. The molecule has 0 amide bonds. The molecule has 170 valence electrons. The van der Waals surface area contributed by atoms with Gasteiger partial charge in [0.2, 0.25) is 0 Å². The van der Waals surface area contributed by atoms with Crippen molar-refractivity contribution in [1.29, 1.82) is 0 Å². The van der Waals surface area contributed by atoms with E-state index in [-0.39, 0.29) is 23.9 Å². The van der Waals surface area contributed by atoms with Gasteiger partial charge in [-0.2, -0.15) is 0 Å². The van der Waals surface area contributed by atoms with Crippen molar-refractivity contribution in [2.75, 3.05) is 0 Å². The fraction of sp³-hybridized carbons (Fsp3) is 0.920. The van der Waals surface area contributed by atoms with Crippen molar-refractivity contribution in [3.63, 3.8) is 0 Å². The molecule has 0 heterocycles. The van der Waals surface area contributed by atoms with Crippen LogP contribution in [0.15, 0.2) is 0 Å². The van der Waals surface area contributed by atoms with Gasteiger partial charge in [0.15, 0.2) is 0 Å². The SMILES string of the molecule is CCCC(CCCCCCCCCCC(C)C)OC(=O)C1CCC(C(=O)O)CC1. The molecular weight excluding hydrogens is 364 g/mol. The van der Waals surface area contributed by atoms with Gasteiger partial charge in [0.05, 0.1) is 11.8 Å². The first-order chi connectivity index (χ1) is 13.9. The summed E-state index contributed by atoms with van der Waals surface area (Å²) in [4.78, 5) is 23.6. The molecular formula is C25H46O4. The minimum Gasteiger partial charge on any atom is -0.481 e. The molecule has 1 fully saturated rings. The maximum absolute atomic E-state index is 12.5. The van der Waals surface area contributed by atoms with Crippen molar-refractivity contribution in [3.8, 4) is 0 Å². The van der Waals surface area contributed by atoms with E-state index in [4.69, 9.17) is 9.84 Å². The summed E-state index contributed by atoms with van der Waals surface area (Å²) >= 11 is 0. The molecule has 1 unspecified atom stereocenters. The second-order valence-electron chi connectivity index (χ2n) is 9.53. The summed E-state index contributed by atoms with van der Waals surface area (Å²) in [6.07, 6.45) is 17.3. The molecule has 1 rings (SSSR count). The van der Waals surface area contributed by atoms with Crippen molar-refractivity contribution in [3.05, 3.63) is 0 Å². The van der Waals surface area contributed by atoms with Gasteiger partial charge in [-0.05, 0) is 50.9 Å². The topological polar surface area (TPSA) is 63.6 Å². The van der Waals surface area contributed by atoms with E-state index in [2.05, 4.69) is 20.8 Å². The molecule has 0 bridgehead atoms. The zero-order valence-corrected chi connectivity index (χ0v) is 19.3. The highest BCUT2D eigenvalue weighted by Crippen LogP contribution is 2.30. The summed E-state index contributed by atoms with van der Waals surface area (Å²) in [6, 6.07) is 0. The van der Waals surface area contributed by atoms with E-state index >= 15 is 0 Å². The number of carbonyl (C=O) groups excluding carboxylic acids is 1. The molecule has 1 saturated carbocycles. The Kier molecular flexibility index (Phi) is 14.1. The molecule has 4 heteroatoms. The number of carbonyl (C=O) groups is 2. The lowest BCUT2D eigenvalue weighted by Crippen LogP contribution is -2.29. The van der Waals surface area contributed by atoms with Gasteiger partial charge in [-0.15, -0.1) is 0 Å². The first kappa shape index (κ1) is 26.0. The lowest BCUT2D eigenvalue weighted by molar-refractivity contribution is -0.158. The van der Waals surface area contributed by atoms with E-state index < -0.39 is 5.97 Å². The average Bonchev–Trinajstić information content (AvgIpc) is 2.69. The van der Waals surface area contributed by atoms with Crippen molar-refractivity contribution in [1.82, 2.24) is 0 Å². The molecule has 0 saturated heterocycles. The number of carboxylic acids is 1. The Labute approximate surface area is 179 Å². The second-order valence-corrected chi connectivity index (χ2v) is 9.53. The Bertz CT molecular complexity index is 438. The quantitative estimate of drug-likeness (QED) is 0.217. The first-order valence-corrected chi connectivity index (χ1v) is 12.4. The summed E-state index contributed by atoms with van der Waals surface area (Å²) in [5.41, 5.74) is 0. The minimum absolute atomic E-state index is 0.0423. The second kappa shape index (κ2) is 15.7. The van der Waals surface area contributed by atoms with E-state index in [0.717, 1.165) is 31.6 Å². The minimum atomic E-state index is -0.726. The van der Waals surface area contributed by atoms with E-state index in [1.54, 1.807) is 0 Å². The molecule has 29 heavy (non-hydrogen) atoms. The van der Waals surface area contributed by atoms with Crippen LogP contribution in [0.25, 0.3) is 0 Å². The third-order valence-electron chi connectivity index (χ3n) is 6.36. The zero-order chi connectivity index (χ0) is 21.5. The van der Waals surface area contributed by atoms with E-state index in [1.165, 1.54) is 51.4 Å². The van der Waals surface area contributed by atoms with Crippen LogP contribution in [0.4, 0.5) is 0 Å². The fourth-order valence-electron chi connectivity index (χ4n) is 4.41. The smallest absolute Gasteiger partial charge is 0.309 e. The molecule has 0 radical (unpaired) electrons. The van der Waals surface area contributed by atoms with Gasteiger partial charge in [0, 0.05) is 0 Å². The molecule has 1 atom stereocenters. The van der Waals surface area contributed by atoms with Crippen LogP contribution < -0.4 is 0 Å². The van der Waals surface area contributed by atoms with Gasteiger partial charge in [-0.3, -0.25) is 9.59 Å². The fourth-order valence-corrected chi connectivity index (χ4v) is 4.41. The predicted molar refractivity (Wildman–Crippen MR) is 119 cm³/mol. The Morgan fingerprint density at radius 2 is 1.28 bits per heavy atom. The zero-order valence-electron chi connectivity index (χ0n) is 19.3. The summed E-state index contributed by atoms with van der Waals surface area (Å²) in [5, 5.41) is 9.09. The van der Waals surface area contributed by atoms with Crippen LogP contribution in [-0.4, -0.2) is 23.1 Å². The largest absolute Gasteiger partial charge is 0.481 e. The number of ether oxygens (including phenoxy) is 1. The van der Waals surface area contributed by atoms with Gasteiger partial charge in [-0.1, -0.05) is 78.6 Å². The summed E-state index contributed by atoms with van der Waals surface area (Å²) < 4.78 is 5.83. The average molecular weight is 411 g/mol. The molecule has 4 nitrogen and oxygen atoms in total. The van der Waals surface area contributed by atoms with Crippen LogP contribution in [0, 0.1) is 17.8 Å². The maximum Gasteiger partial charge on any atom is 0.309 e. The van der Waals surface area contributed by atoms with Gasteiger partial charge >= 0.3 is 11.9 Å². The van der Waals surface area contributed by atoms with Crippen molar-refractivity contribution in [2.45, 2.75) is 130 Å². The number of hydrogen-bond donors (Lipinski definition) is 1. The van der Waals surface area contributed by atoms with Crippen LogP contribution in [-0.2, 0) is 14.3 Å². The summed E-state index contributed by atoms with van der Waals surface area (Å²) in [7, 11) is 0. The standard InChI is InChI=1S/C25H46O4/c1-4-13-23(15-12-10-8-6-5-7-9-11-14-20(2)3)29-25(28)22-18-16-21(17-19-22)24(26)27/h20-23H,4-19H2,1-3H3,(H,26,27). The normalized spacial score (nSPS) is 20.6. The van der Waals surface area contributed by atoms with Gasteiger partial charge in [0.25, 0.3) is 0 Å². The lowest BCUT2D eigenvalue weighted by atomic mass is 9.82. The van der Waals surface area contributed by atoms with Crippen molar-refractivity contribution in [2.24, 2.45) is 17.8 Å². The first-order valence-electron chi connectivity index (χ1n) is 12.4. The monoisotopic (exact) mass is 410 g/mol. The van der Waals surface area contributed by atoms with E-state index in [0.29, 0.717) is 25.7 Å². The van der Waals surface area contributed by atoms with Crippen molar-refractivity contribution >= 4 is 11.9 Å². The van der Waals surface area contributed by atoms with Crippen molar-refractivity contribution < 1.29 is 19.4 Å². The maximum atomic E-state index is 12.5. The molecule has 1 aliphatic rings. The Balaban J connectivity index is 2.12. The lowest BCUT2D eigenvalue weighted by Gasteiger charge is -2.26. The van der Waals surface area contributed by atoms with E-state index in [1.807, 2.05) is 0 Å². The number of unbranched alkanes of at least 4 members (excludes halogenated alkanes) is 7. The molecule has 0 aliphatic heterocycles. The van der Waals surface area contributed by atoms with Crippen LogP contribution in [0.5, 0.6) is 0 Å². The van der Waals surface area contributed by atoms with Gasteiger partial charge in [-0.25, -0.2) is 0 Å². The number of aliphatic carboxylic acids is 1. The highest BCUT2D eigenvalue weighted by molar-refractivity contribution is 5.74. The van der Waals surface area contributed by atoms with Gasteiger partial charge in [0.1, 0.15) is 6.10 Å². The van der Waals surface area contributed by atoms with Crippen LogP contribution in [0.1, 0.15) is 124 Å². The van der Waals surface area contributed by atoms with E-state index in [9.17, 15) is 9.59 Å². The summed E-state index contributed by atoms with van der Waals surface area (Å²) in [5.74, 6) is -0.355. The van der Waals surface area contributed by atoms with Crippen LogP contribution >= 0.6 is 0 Å². The number of hydrogen-bond acceptors (Lipinski definition) is 3. The number of esters is 1. The third kappa shape index (κ3) is 12.3. The molecule has 0 aromatic rings. The number of rotatable bonds is 16. The third-order valence-corrected chi connectivity index (χ3v) is 6.36. The van der Waals surface area contributed by atoms with Gasteiger partial charge < -0.3 is 9.84 Å². The van der Waals surface area contributed by atoms with Crippen LogP contribution in [0.3, 0.4) is 0 Å². The number of carboxylic acid groups (broad SMARTS) is 1. The highest BCUT2D eigenvalue weighted by Gasteiger charge is 2.31. The highest BCUT2D eigenvalue weighted by atomic mass is 16.5. The molecule has 1 N–H and O–H groups in total. The Hall–Kier alpha value is -1.06. The van der Waals surface area contributed by atoms with Crippen LogP contribution in [0.2, 0.25) is 0 Å².